The van der Waals surface area contributed by atoms with Crippen LogP contribution < -0.4 is 5.32 Å². The van der Waals surface area contributed by atoms with Gasteiger partial charge >= 0.3 is 0 Å². The second-order valence-electron chi connectivity index (χ2n) is 4.35. The lowest BCUT2D eigenvalue weighted by Crippen LogP contribution is -2.40. The Morgan fingerprint density at radius 3 is 2.88 bits per heavy atom. The molecule has 2 N–H and O–H groups in total. The summed E-state index contributed by atoms with van der Waals surface area (Å²) >= 11 is 0. The number of methoxy groups -OCH3 is 1. The summed E-state index contributed by atoms with van der Waals surface area (Å²) in [6, 6.07) is 4.50. The highest BCUT2D eigenvalue weighted by atomic mass is 16.5. The van der Waals surface area contributed by atoms with Crippen molar-refractivity contribution < 1.29 is 14.3 Å². The Bertz CT molecular complexity index is 268. The fraction of sp³-hybridized carbons (Fsp3) is 0.692. The van der Waals surface area contributed by atoms with Gasteiger partial charge in [-0.15, -0.1) is 0 Å². The van der Waals surface area contributed by atoms with Gasteiger partial charge in [0, 0.05) is 32.2 Å². The third kappa shape index (κ3) is 5.86. The van der Waals surface area contributed by atoms with E-state index in [9.17, 15) is 0 Å². The molecule has 1 rings (SSSR count). The Morgan fingerprint density at radius 1 is 1.47 bits per heavy atom. The van der Waals surface area contributed by atoms with Gasteiger partial charge < -0.3 is 19.6 Å². The summed E-state index contributed by atoms with van der Waals surface area (Å²) in [6.45, 7) is 2.96. The van der Waals surface area contributed by atoms with E-state index in [1.54, 1.807) is 13.4 Å². The molecule has 0 radical (unpaired) electrons. The van der Waals surface area contributed by atoms with Crippen LogP contribution in [0.1, 0.15) is 25.5 Å². The number of hydrogen-bond donors (Lipinski definition) is 2. The average molecular weight is 241 g/mol. The third-order valence-corrected chi connectivity index (χ3v) is 2.77. The second kappa shape index (κ2) is 8.28. The number of hydrogen-bond acceptors (Lipinski definition) is 4. The molecule has 98 valence electrons. The zero-order valence-electron chi connectivity index (χ0n) is 10.7. The van der Waals surface area contributed by atoms with Crippen molar-refractivity contribution in [1.82, 2.24) is 5.32 Å². The van der Waals surface area contributed by atoms with E-state index < -0.39 is 0 Å². The standard InChI is InChI=1S/C13H23NO3/c1-11(5-6-13-4-3-9-17-13)14-12(7-8-15)10-16-2/h3-4,9,11-12,14-15H,5-8,10H2,1-2H3. The highest BCUT2D eigenvalue weighted by Crippen LogP contribution is 2.06. The summed E-state index contributed by atoms with van der Waals surface area (Å²) in [7, 11) is 1.68. The van der Waals surface area contributed by atoms with Crippen molar-refractivity contribution in [2.24, 2.45) is 0 Å². The fourth-order valence-electron chi connectivity index (χ4n) is 1.87. The van der Waals surface area contributed by atoms with Crippen LogP contribution >= 0.6 is 0 Å². The summed E-state index contributed by atoms with van der Waals surface area (Å²) in [5.41, 5.74) is 0. The van der Waals surface area contributed by atoms with Gasteiger partial charge in [-0.1, -0.05) is 0 Å². The summed E-state index contributed by atoms with van der Waals surface area (Å²) in [6.07, 6.45) is 4.37. The van der Waals surface area contributed by atoms with Crippen molar-refractivity contribution >= 4 is 0 Å². The van der Waals surface area contributed by atoms with Gasteiger partial charge in [-0.2, -0.15) is 0 Å². The number of furan rings is 1. The molecule has 0 aliphatic carbocycles. The van der Waals surface area contributed by atoms with Crippen molar-refractivity contribution in [2.45, 2.75) is 38.3 Å². The van der Waals surface area contributed by atoms with Gasteiger partial charge in [-0.05, 0) is 31.9 Å². The molecule has 0 fully saturated rings. The lowest BCUT2D eigenvalue weighted by Gasteiger charge is -2.22. The lowest BCUT2D eigenvalue weighted by molar-refractivity contribution is 0.142. The Balaban J connectivity index is 2.23. The highest BCUT2D eigenvalue weighted by molar-refractivity contribution is 4.98. The summed E-state index contributed by atoms with van der Waals surface area (Å²) in [5.74, 6) is 1.02. The minimum absolute atomic E-state index is 0.186. The number of nitrogens with one attached hydrogen (secondary N) is 1. The number of aryl methyl sites for hydroxylation is 1. The number of ether oxygens (including phenoxy) is 1. The van der Waals surface area contributed by atoms with E-state index in [4.69, 9.17) is 14.3 Å². The van der Waals surface area contributed by atoms with E-state index in [0.29, 0.717) is 12.6 Å². The first kappa shape index (κ1) is 14.2. The Hall–Kier alpha value is -0.840. The molecule has 17 heavy (non-hydrogen) atoms. The molecule has 0 spiro atoms. The zero-order chi connectivity index (χ0) is 12.5. The predicted octanol–water partition coefficient (Wildman–Crippen LogP) is 1.59. The first-order valence-corrected chi connectivity index (χ1v) is 6.14. The van der Waals surface area contributed by atoms with Gasteiger partial charge in [-0.3, -0.25) is 0 Å². The van der Waals surface area contributed by atoms with Crippen LogP contribution in [0.2, 0.25) is 0 Å². The normalized spacial score (nSPS) is 14.8. The lowest BCUT2D eigenvalue weighted by atomic mass is 10.1. The first-order valence-electron chi connectivity index (χ1n) is 6.14. The zero-order valence-corrected chi connectivity index (χ0v) is 10.7. The molecule has 2 unspecified atom stereocenters. The van der Waals surface area contributed by atoms with Crippen molar-refractivity contribution in [3.63, 3.8) is 0 Å². The molecule has 2 atom stereocenters. The smallest absolute Gasteiger partial charge is 0.103 e. The van der Waals surface area contributed by atoms with Crippen LogP contribution in [0.5, 0.6) is 0 Å². The third-order valence-electron chi connectivity index (χ3n) is 2.77. The number of rotatable bonds is 9. The largest absolute Gasteiger partial charge is 0.469 e. The Labute approximate surface area is 103 Å². The predicted molar refractivity (Wildman–Crippen MR) is 67.0 cm³/mol. The Morgan fingerprint density at radius 2 is 2.29 bits per heavy atom. The molecule has 1 aromatic heterocycles. The molecule has 0 amide bonds. The monoisotopic (exact) mass is 241 g/mol. The molecule has 0 aliphatic rings. The molecule has 4 heteroatoms. The topological polar surface area (TPSA) is 54.6 Å². The van der Waals surface area contributed by atoms with Gasteiger partial charge in [-0.25, -0.2) is 0 Å². The van der Waals surface area contributed by atoms with Crippen molar-refractivity contribution in [1.29, 1.82) is 0 Å². The molecule has 4 nitrogen and oxygen atoms in total. The molecule has 0 bridgehead atoms. The van der Waals surface area contributed by atoms with Crippen LogP contribution in [0.25, 0.3) is 0 Å². The minimum Gasteiger partial charge on any atom is -0.469 e. The molecule has 1 aromatic rings. The van der Waals surface area contributed by atoms with E-state index in [2.05, 4.69) is 12.2 Å². The quantitative estimate of drug-likeness (QED) is 0.689. The van der Waals surface area contributed by atoms with Crippen LogP contribution in [0, 0.1) is 0 Å². The van der Waals surface area contributed by atoms with E-state index >= 15 is 0 Å². The molecular formula is C13H23NO3. The summed E-state index contributed by atoms with van der Waals surface area (Å²) in [5, 5.41) is 12.4. The minimum atomic E-state index is 0.186. The van der Waals surface area contributed by atoms with Gasteiger partial charge in [0.05, 0.1) is 12.9 Å². The van der Waals surface area contributed by atoms with Gasteiger partial charge in [0.15, 0.2) is 0 Å². The van der Waals surface area contributed by atoms with Crippen LogP contribution in [0.3, 0.4) is 0 Å². The maximum absolute atomic E-state index is 8.95. The fourth-order valence-corrected chi connectivity index (χ4v) is 1.87. The molecule has 0 saturated carbocycles. The molecule has 0 aromatic carbocycles. The Kier molecular flexibility index (Phi) is 6.93. The summed E-state index contributed by atoms with van der Waals surface area (Å²) in [4.78, 5) is 0. The highest BCUT2D eigenvalue weighted by Gasteiger charge is 2.11. The number of aliphatic hydroxyl groups is 1. The van der Waals surface area contributed by atoms with Gasteiger partial charge in [0.25, 0.3) is 0 Å². The second-order valence-corrected chi connectivity index (χ2v) is 4.35. The molecule has 1 heterocycles. The average Bonchev–Trinajstić information content (AvgIpc) is 2.80. The van der Waals surface area contributed by atoms with Crippen molar-refractivity contribution in [3.05, 3.63) is 24.2 Å². The van der Waals surface area contributed by atoms with E-state index in [0.717, 1.165) is 25.0 Å². The van der Waals surface area contributed by atoms with Crippen LogP contribution in [0.4, 0.5) is 0 Å². The van der Waals surface area contributed by atoms with Gasteiger partial charge in [0.1, 0.15) is 5.76 Å². The summed E-state index contributed by atoms with van der Waals surface area (Å²) < 4.78 is 10.4. The van der Waals surface area contributed by atoms with Crippen LogP contribution in [0.15, 0.2) is 22.8 Å². The first-order chi connectivity index (χ1) is 8.26. The van der Waals surface area contributed by atoms with Crippen LogP contribution in [-0.4, -0.2) is 37.5 Å². The van der Waals surface area contributed by atoms with E-state index in [1.807, 2.05) is 12.1 Å². The van der Waals surface area contributed by atoms with Crippen LogP contribution in [-0.2, 0) is 11.2 Å². The number of aliphatic hydroxyl groups excluding tert-OH is 1. The molecule has 0 aliphatic heterocycles. The maximum Gasteiger partial charge on any atom is 0.103 e. The SMILES string of the molecule is COCC(CCO)NC(C)CCc1ccco1. The maximum atomic E-state index is 8.95. The van der Waals surface area contributed by atoms with E-state index in [1.165, 1.54) is 0 Å². The van der Waals surface area contributed by atoms with E-state index in [-0.39, 0.29) is 12.6 Å². The van der Waals surface area contributed by atoms with Crippen molar-refractivity contribution in [3.8, 4) is 0 Å². The molecule has 0 saturated heterocycles. The van der Waals surface area contributed by atoms with Crippen molar-refractivity contribution in [2.75, 3.05) is 20.3 Å². The van der Waals surface area contributed by atoms with Gasteiger partial charge in [0.2, 0.25) is 0 Å². The molecular weight excluding hydrogens is 218 g/mol.